The number of halogens is 2. The largest absolute Gasteiger partial charge is 0.368 e. The number of hydrogen-bond donors (Lipinski definition) is 0. The maximum Gasteiger partial charge on any atom is 0.238 e. The Labute approximate surface area is 194 Å². The molecule has 0 saturated carbocycles. The van der Waals surface area contributed by atoms with Crippen molar-refractivity contribution in [2.24, 2.45) is 0 Å². The fourth-order valence-electron chi connectivity index (χ4n) is 3.66. The first kappa shape index (κ1) is 23.9. The Kier molecular flexibility index (Phi) is 7.52. The molecule has 0 atom stereocenters. The molecule has 1 fully saturated rings. The fraction of sp³-hybridized carbons (Fsp3) is 0.409. The van der Waals surface area contributed by atoms with E-state index in [0.717, 1.165) is 6.26 Å². The van der Waals surface area contributed by atoms with Crippen LogP contribution in [0.4, 0.5) is 5.69 Å². The average molecular weight is 484 g/mol. The predicted octanol–water partition coefficient (Wildman–Crippen LogP) is 3.72. The van der Waals surface area contributed by atoms with Crippen molar-refractivity contribution in [2.75, 3.05) is 43.9 Å². The molecule has 0 N–H and O–H groups in total. The van der Waals surface area contributed by atoms with E-state index < -0.39 is 10.0 Å². The maximum absolute atomic E-state index is 12.9. The molecule has 1 aliphatic rings. The molecule has 1 aliphatic heterocycles. The normalized spacial score (nSPS) is 14.9. The van der Waals surface area contributed by atoms with Gasteiger partial charge in [-0.2, -0.15) is 4.31 Å². The number of sulfonamides is 1. The number of nitrogens with zero attached hydrogens (tertiary/aromatic N) is 3. The van der Waals surface area contributed by atoms with Crippen LogP contribution >= 0.6 is 23.2 Å². The van der Waals surface area contributed by atoms with Gasteiger partial charge in [-0.15, -0.1) is 0 Å². The minimum Gasteiger partial charge on any atom is -0.368 e. The molecule has 168 valence electrons. The first-order valence-corrected chi connectivity index (χ1v) is 12.6. The quantitative estimate of drug-likeness (QED) is 0.627. The summed E-state index contributed by atoms with van der Waals surface area (Å²) in [7, 11) is -3.58. The summed E-state index contributed by atoms with van der Waals surface area (Å²) < 4.78 is 25.8. The van der Waals surface area contributed by atoms with Gasteiger partial charge in [0.15, 0.2) is 0 Å². The van der Waals surface area contributed by atoms with E-state index in [-0.39, 0.29) is 19.0 Å². The number of amides is 1. The van der Waals surface area contributed by atoms with Gasteiger partial charge in [0.2, 0.25) is 15.9 Å². The van der Waals surface area contributed by atoms with Crippen LogP contribution in [0.5, 0.6) is 0 Å². The zero-order chi connectivity index (χ0) is 22.8. The minimum absolute atomic E-state index is 0.0594. The second-order valence-electron chi connectivity index (χ2n) is 7.87. The SMILES string of the molecule is Cc1cccc(N2CCN(C(=O)CN(Cc3ccc(Cl)c(Cl)c3)S(C)(=O)=O)CC2)c1C. The predicted molar refractivity (Wildman–Crippen MR) is 126 cm³/mol. The molecule has 31 heavy (non-hydrogen) atoms. The zero-order valence-electron chi connectivity index (χ0n) is 17.9. The lowest BCUT2D eigenvalue weighted by atomic mass is 10.1. The van der Waals surface area contributed by atoms with E-state index in [9.17, 15) is 13.2 Å². The lowest BCUT2D eigenvalue weighted by Crippen LogP contribution is -2.51. The smallest absolute Gasteiger partial charge is 0.238 e. The van der Waals surface area contributed by atoms with E-state index in [1.807, 2.05) is 6.07 Å². The second kappa shape index (κ2) is 9.77. The van der Waals surface area contributed by atoms with Crippen LogP contribution in [0, 0.1) is 13.8 Å². The van der Waals surface area contributed by atoms with Crippen LogP contribution in [0.3, 0.4) is 0 Å². The van der Waals surface area contributed by atoms with Gasteiger partial charge in [0.1, 0.15) is 0 Å². The molecule has 0 radical (unpaired) electrons. The summed E-state index contributed by atoms with van der Waals surface area (Å²) in [4.78, 5) is 16.9. The van der Waals surface area contributed by atoms with E-state index in [2.05, 4.69) is 30.9 Å². The lowest BCUT2D eigenvalue weighted by Gasteiger charge is -2.37. The molecule has 1 saturated heterocycles. The zero-order valence-corrected chi connectivity index (χ0v) is 20.3. The molecule has 9 heteroatoms. The van der Waals surface area contributed by atoms with E-state index in [1.165, 1.54) is 21.1 Å². The van der Waals surface area contributed by atoms with E-state index in [4.69, 9.17) is 23.2 Å². The molecular weight excluding hydrogens is 457 g/mol. The Morgan fingerprint density at radius 2 is 1.71 bits per heavy atom. The molecule has 0 aliphatic carbocycles. The number of aryl methyl sites for hydroxylation is 1. The van der Waals surface area contributed by atoms with Crippen LogP contribution in [-0.2, 0) is 21.4 Å². The van der Waals surface area contributed by atoms with Crippen molar-refractivity contribution in [1.29, 1.82) is 0 Å². The van der Waals surface area contributed by atoms with Crippen LogP contribution in [0.2, 0.25) is 10.0 Å². The molecular formula is C22H27Cl2N3O3S. The minimum atomic E-state index is -3.58. The molecule has 0 unspecified atom stereocenters. The number of carbonyl (C=O) groups excluding carboxylic acids is 1. The summed E-state index contributed by atoms with van der Waals surface area (Å²) in [6.07, 6.45) is 1.11. The number of anilines is 1. The van der Waals surface area contributed by atoms with Gasteiger partial charge in [-0.1, -0.05) is 41.4 Å². The van der Waals surface area contributed by atoms with Crippen molar-refractivity contribution in [3.63, 3.8) is 0 Å². The summed E-state index contributed by atoms with van der Waals surface area (Å²) in [5.41, 5.74) is 4.34. The Morgan fingerprint density at radius 1 is 1.03 bits per heavy atom. The number of piperazine rings is 1. The van der Waals surface area contributed by atoms with Crippen molar-refractivity contribution in [3.8, 4) is 0 Å². The van der Waals surface area contributed by atoms with Gasteiger partial charge in [-0.05, 0) is 48.7 Å². The van der Waals surface area contributed by atoms with E-state index in [0.29, 0.717) is 41.8 Å². The van der Waals surface area contributed by atoms with Gasteiger partial charge < -0.3 is 9.80 Å². The molecule has 1 heterocycles. The maximum atomic E-state index is 12.9. The number of benzene rings is 2. The second-order valence-corrected chi connectivity index (χ2v) is 10.7. The number of carbonyl (C=O) groups is 1. The summed E-state index contributed by atoms with van der Waals surface area (Å²) in [6, 6.07) is 11.2. The van der Waals surface area contributed by atoms with Crippen molar-refractivity contribution in [1.82, 2.24) is 9.21 Å². The highest BCUT2D eigenvalue weighted by atomic mass is 35.5. The van der Waals surface area contributed by atoms with Gasteiger partial charge in [0.25, 0.3) is 0 Å². The molecule has 2 aromatic rings. The third-order valence-corrected chi connectivity index (χ3v) is 7.61. The van der Waals surface area contributed by atoms with Gasteiger partial charge in [0, 0.05) is 38.4 Å². The molecule has 0 bridgehead atoms. The Hall–Kier alpha value is -1.80. The van der Waals surface area contributed by atoms with Crippen LogP contribution in [-0.4, -0.2) is 62.5 Å². The molecule has 0 spiro atoms. The monoisotopic (exact) mass is 483 g/mol. The van der Waals surface area contributed by atoms with Crippen LogP contribution < -0.4 is 4.90 Å². The highest BCUT2D eigenvalue weighted by Crippen LogP contribution is 2.25. The average Bonchev–Trinajstić information content (AvgIpc) is 2.71. The summed E-state index contributed by atoms with van der Waals surface area (Å²) in [6.45, 7) is 6.57. The van der Waals surface area contributed by atoms with Crippen molar-refractivity contribution >= 4 is 44.8 Å². The standard InChI is InChI=1S/C22H27Cl2N3O3S/c1-16-5-4-6-21(17(16)2)25-9-11-26(12-10-25)22(28)15-27(31(3,29)30)14-18-7-8-19(23)20(24)13-18/h4-8,13H,9-12,14-15H2,1-3H3. The molecule has 6 nitrogen and oxygen atoms in total. The van der Waals surface area contributed by atoms with Gasteiger partial charge in [-0.3, -0.25) is 4.79 Å². The van der Waals surface area contributed by atoms with Gasteiger partial charge in [-0.25, -0.2) is 8.42 Å². The highest BCUT2D eigenvalue weighted by Gasteiger charge is 2.27. The summed E-state index contributed by atoms with van der Waals surface area (Å²) in [5.74, 6) is -0.203. The van der Waals surface area contributed by atoms with Gasteiger partial charge in [0.05, 0.1) is 22.8 Å². The number of rotatable bonds is 6. The molecule has 0 aromatic heterocycles. The third-order valence-electron chi connectivity index (χ3n) is 5.67. The van der Waals surface area contributed by atoms with E-state index in [1.54, 1.807) is 23.1 Å². The molecule has 1 amide bonds. The van der Waals surface area contributed by atoms with Crippen LogP contribution in [0.15, 0.2) is 36.4 Å². The third kappa shape index (κ3) is 5.92. The van der Waals surface area contributed by atoms with E-state index >= 15 is 0 Å². The first-order valence-electron chi connectivity index (χ1n) is 10.0. The Bertz CT molecular complexity index is 1070. The first-order chi connectivity index (χ1) is 14.6. The lowest BCUT2D eigenvalue weighted by molar-refractivity contribution is -0.131. The van der Waals surface area contributed by atoms with Crippen LogP contribution in [0.25, 0.3) is 0 Å². The Balaban J connectivity index is 1.64. The summed E-state index contributed by atoms with van der Waals surface area (Å²) >= 11 is 12.0. The fourth-order valence-corrected chi connectivity index (χ4v) is 4.71. The Morgan fingerprint density at radius 3 is 2.32 bits per heavy atom. The van der Waals surface area contributed by atoms with Gasteiger partial charge >= 0.3 is 0 Å². The summed E-state index contributed by atoms with van der Waals surface area (Å²) in [5, 5.41) is 0.746. The van der Waals surface area contributed by atoms with Crippen molar-refractivity contribution in [3.05, 3.63) is 63.1 Å². The number of hydrogen-bond acceptors (Lipinski definition) is 4. The molecule has 3 rings (SSSR count). The van der Waals surface area contributed by atoms with Crippen LogP contribution in [0.1, 0.15) is 16.7 Å². The van der Waals surface area contributed by atoms with Crippen molar-refractivity contribution < 1.29 is 13.2 Å². The topological polar surface area (TPSA) is 60.9 Å². The van der Waals surface area contributed by atoms with Crippen molar-refractivity contribution in [2.45, 2.75) is 20.4 Å². The molecule has 2 aromatic carbocycles. The highest BCUT2D eigenvalue weighted by molar-refractivity contribution is 7.88.